The van der Waals surface area contributed by atoms with Crippen LogP contribution in [0.3, 0.4) is 0 Å². The third-order valence-corrected chi connectivity index (χ3v) is 5.35. The Kier molecular flexibility index (Phi) is 5.30. The smallest absolute Gasteiger partial charge is 0.339 e. The van der Waals surface area contributed by atoms with Gasteiger partial charge in [-0.3, -0.25) is 0 Å². The van der Waals surface area contributed by atoms with Gasteiger partial charge in [0.25, 0.3) is 0 Å². The molecule has 2 aliphatic rings. The molecule has 1 aliphatic carbocycles. The molecule has 0 unspecified atom stereocenters. The Balaban J connectivity index is 1.79. The quantitative estimate of drug-likeness (QED) is 0.606. The summed E-state index contributed by atoms with van der Waals surface area (Å²) in [7, 11) is 0. The van der Waals surface area contributed by atoms with Crippen molar-refractivity contribution in [1.82, 2.24) is 0 Å². The number of rotatable bonds is 7. The molecule has 4 nitrogen and oxygen atoms in total. The van der Waals surface area contributed by atoms with Gasteiger partial charge >= 0.3 is 5.97 Å². The van der Waals surface area contributed by atoms with Crippen LogP contribution in [0.15, 0.2) is 42.0 Å². The van der Waals surface area contributed by atoms with E-state index in [1.165, 1.54) is 0 Å². The van der Waals surface area contributed by atoms with E-state index in [9.17, 15) is 9.90 Å². The molecular weight excluding hydrogens is 316 g/mol. The van der Waals surface area contributed by atoms with Gasteiger partial charge in [-0.1, -0.05) is 55.8 Å². The van der Waals surface area contributed by atoms with Gasteiger partial charge in [-0.05, 0) is 31.2 Å². The second kappa shape index (κ2) is 7.30. The van der Waals surface area contributed by atoms with Gasteiger partial charge in [0.15, 0.2) is 5.60 Å². The van der Waals surface area contributed by atoms with Crippen LogP contribution in [0.4, 0.5) is 0 Å². The molecule has 2 fully saturated rings. The van der Waals surface area contributed by atoms with Crippen LogP contribution >= 0.6 is 0 Å². The van der Waals surface area contributed by atoms with Gasteiger partial charge in [0.2, 0.25) is 0 Å². The van der Waals surface area contributed by atoms with E-state index in [1.54, 1.807) is 0 Å². The maximum Gasteiger partial charge on any atom is 0.339 e. The first-order valence-electron chi connectivity index (χ1n) is 9.17. The molecule has 136 valence electrons. The van der Waals surface area contributed by atoms with Gasteiger partial charge in [0.1, 0.15) is 6.10 Å². The molecule has 0 aromatic heterocycles. The highest BCUT2D eigenvalue weighted by atomic mass is 16.6. The number of carbonyl (C=O) groups excluding carboxylic acids is 1. The first-order valence-corrected chi connectivity index (χ1v) is 9.17. The Labute approximate surface area is 149 Å². The molecule has 1 aliphatic heterocycles. The predicted molar refractivity (Wildman–Crippen MR) is 95.8 cm³/mol. The SMILES string of the molecule is C/C(=C\CCC(C)C)[C@H]1[C@@H]2OC(=O)[C@@]1(OCc1ccccc1)C[C@H]2O. The van der Waals surface area contributed by atoms with Crippen LogP contribution in [0.1, 0.15) is 45.6 Å². The maximum atomic E-state index is 12.5. The third-order valence-electron chi connectivity index (χ3n) is 5.35. The number of fused-ring (bicyclic) bond motifs is 2. The van der Waals surface area contributed by atoms with Crippen LogP contribution in [-0.2, 0) is 20.9 Å². The Morgan fingerprint density at radius 3 is 2.80 bits per heavy atom. The Bertz CT molecular complexity index is 637. The lowest BCUT2D eigenvalue weighted by molar-refractivity contribution is -0.176. The van der Waals surface area contributed by atoms with Crippen molar-refractivity contribution in [3.63, 3.8) is 0 Å². The van der Waals surface area contributed by atoms with Crippen molar-refractivity contribution in [1.29, 1.82) is 0 Å². The minimum Gasteiger partial charge on any atom is -0.457 e. The summed E-state index contributed by atoms with van der Waals surface area (Å²) in [5, 5.41) is 10.3. The number of aliphatic hydroxyl groups excluding tert-OH is 1. The Hall–Kier alpha value is -1.65. The number of ether oxygens (including phenoxy) is 2. The van der Waals surface area contributed by atoms with E-state index < -0.39 is 17.8 Å². The molecule has 0 radical (unpaired) electrons. The molecule has 1 N–H and O–H groups in total. The highest BCUT2D eigenvalue weighted by Gasteiger charge is 2.67. The molecule has 1 aromatic rings. The van der Waals surface area contributed by atoms with Crippen molar-refractivity contribution in [2.75, 3.05) is 0 Å². The molecule has 25 heavy (non-hydrogen) atoms. The summed E-state index contributed by atoms with van der Waals surface area (Å²) in [6.45, 7) is 6.76. The Morgan fingerprint density at radius 2 is 2.12 bits per heavy atom. The second-order valence-electron chi connectivity index (χ2n) is 7.70. The lowest BCUT2D eigenvalue weighted by Gasteiger charge is -2.28. The highest BCUT2D eigenvalue weighted by molar-refractivity contribution is 5.85. The van der Waals surface area contributed by atoms with E-state index in [-0.39, 0.29) is 11.9 Å². The van der Waals surface area contributed by atoms with E-state index in [1.807, 2.05) is 37.3 Å². The summed E-state index contributed by atoms with van der Waals surface area (Å²) in [5.74, 6) is 0.0994. The molecule has 1 saturated carbocycles. The van der Waals surface area contributed by atoms with Crippen molar-refractivity contribution in [2.24, 2.45) is 11.8 Å². The number of aliphatic hydroxyl groups is 1. The molecule has 4 atom stereocenters. The summed E-state index contributed by atoms with van der Waals surface area (Å²) >= 11 is 0. The summed E-state index contributed by atoms with van der Waals surface area (Å²) in [5.41, 5.74) is 1.04. The predicted octanol–water partition coefficient (Wildman–Crippen LogP) is 3.63. The zero-order valence-electron chi connectivity index (χ0n) is 15.3. The van der Waals surface area contributed by atoms with Gasteiger partial charge in [0, 0.05) is 6.42 Å². The molecule has 1 heterocycles. The average molecular weight is 344 g/mol. The third kappa shape index (κ3) is 3.51. The van der Waals surface area contributed by atoms with Gasteiger partial charge in [-0.15, -0.1) is 0 Å². The molecule has 3 rings (SSSR count). The first kappa shape index (κ1) is 18.2. The summed E-state index contributed by atoms with van der Waals surface area (Å²) < 4.78 is 11.6. The first-order chi connectivity index (χ1) is 11.9. The summed E-state index contributed by atoms with van der Waals surface area (Å²) in [6.07, 6.45) is 3.41. The number of esters is 1. The van der Waals surface area contributed by atoms with E-state index in [2.05, 4.69) is 19.9 Å². The summed E-state index contributed by atoms with van der Waals surface area (Å²) in [6, 6.07) is 9.79. The zero-order chi connectivity index (χ0) is 18.0. The molecule has 2 bridgehead atoms. The van der Waals surface area contributed by atoms with Crippen LogP contribution < -0.4 is 0 Å². The number of carbonyl (C=O) groups is 1. The van der Waals surface area contributed by atoms with E-state index in [0.717, 1.165) is 24.0 Å². The van der Waals surface area contributed by atoms with Crippen LogP contribution in [-0.4, -0.2) is 28.9 Å². The lowest BCUT2D eigenvalue weighted by Crippen LogP contribution is -2.43. The van der Waals surface area contributed by atoms with Crippen molar-refractivity contribution in [3.05, 3.63) is 47.5 Å². The minimum atomic E-state index is -1.06. The van der Waals surface area contributed by atoms with Crippen molar-refractivity contribution < 1.29 is 19.4 Å². The monoisotopic (exact) mass is 344 g/mol. The molecule has 4 heteroatoms. The van der Waals surface area contributed by atoms with Crippen LogP contribution in [0.5, 0.6) is 0 Å². The summed E-state index contributed by atoms with van der Waals surface area (Å²) in [4.78, 5) is 12.5. The molecule has 0 spiro atoms. The van der Waals surface area contributed by atoms with Crippen LogP contribution in [0.2, 0.25) is 0 Å². The molecular formula is C21H28O4. The highest BCUT2D eigenvalue weighted by Crippen LogP contribution is 2.51. The normalized spacial score (nSPS) is 31.6. The fourth-order valence-corrected chi connectivity index (χ4v) is 4.01. The standard InChI is InChI=1S/C21H28O4/c1-14(2)8-7-9-15(3)18-19-17(22)12-21(18,20(23)25-19)24-13-16-10-5-4-6-11-16/h4-6,9-11,14,17-19,22H,7-8,12-13H2,1-3H3/b15-9+/t17-,18+,19-,21-/m1/s1. The second-order valence-corrected chi connectivity index (χ2v) is 7.70. The van der Waals surface area contributed by atoms with Crippen molar-refractivity contribution in [2.45, 2.75) is 64.4 Å². The van der Waals surface area contributed by atoms with Gasteiger partial charge in [-0.2, -0.15) is 0 Å². The Morgan fingerprint density at radius 1 is 1.40 bits per heavy atom. The largest absolute Gasteiger partial charge is 0.457 e. The molecule has 0 amide bonds. The van der Waals surface area contributed by atoms with Crippen LogP contribution in [0.25, 0.3) is 0 Å². The average Bonchev–Trinajstić information content (AvgIpc) is 3.02. The molecule has 1 aromatic carbocycles. The fourth-order valence-electron chi connectivity index (χ4n) is 4.01. The topological polar surface area (TPSA) is 55.8 Å². The fraction of sp³-hybridized carbons (Fsp3) is 0.571. The van der Waals surface area contributed by atoms with Gasteiger partial charge < -0.3 is 14.6 Å². The number of hydrogen-bond donors (Lipinski definition) is 1. The van der Waals surface area contributed by atoms with Crippen LogP contribution in [0, 0.1) is 11.8 Å². The van der Waals surface area contributed by atoms with E-state index in [0.29, 0.717) is 18.9 Å². The van der Waals surface area contributed by atoms with Crippen molar-refractivity contribution in [3.8, 4) is 0 Å². The zero-order valence-corrected chi connectivity index (χ0v) is 15.3. The number of allylic oxidation sites excluding steroid dienone is 1. The van der Waals surface area contributed by atoms with Gasteiger partial charge in [0.05, 0.1) is 18.6 Å². The minimum absolute atomic E-state index is 0.203. The van der Waals surface area contributed by atoms with Crippen molar-refractivity contribution >= 4 is 5.97 Å². The molecule has 1 saturated heterocycles. The van der Waals surface area contributed by atoms with Gasteiger partial charge in [-0.25, -0.2) is 4.79 Å². The van der Waals surface area contributed by atoms with E-state index in [4.69, 9.17) is 9.47 Å². The number of benzene rings is 1. The van der Waals surface area contributed by atoms with E-state index >= 15 is 0 Å². The lowest BCUT2D eigenvalue weighted by atomic mass is 9.85. The maximum absolute atomic E-state index is 12.5. The number of hydrogen-bond acceptors (Lipinski definition) is 4.